The molecule has 3 aromatic rings. The van der Waals surface area contributed by atoms with E-state index in [9.17, 15) is 19.7 Å². The largest absolute Gasteiger partial charge is 0.494 e. The smallest absolute Gasteiger partial charge is 0.288 e. The van der Waals surface area contributed by atoms with E-state index < -0.39 is 10.8 Å². The summed E-state index contributed by atoms with van der Waals surface area (Å²) >= 11 is 7.08. The zero-order chi connectivity index (χ0) is 21.0. The fourth-order valence-electron chi connectivity index (χ4n) is 2.46. The molecule has 2 N–H and O–H groups in total. The molecule has 2 aromatic carbocycles. The van der Waals surface area contributed by atoms with Gasteiger partial charge in [-0.25, -0.2) is 0 Å². The molecule has 0 bridgehead atoms. The number of hydrogen-bond acceptors (Lipinski definition) is 6. The molecular formula is C19H14ClN3O5S. The maximum atomic E-state index is 12.4. The van der Waals surface area contributed by atoms with Gasteiger partial charge in [-0.2, -0.15) is 0 Å². The Bertz CT molecular complexity index is 1090. The first-order valence-electron chi connectivity index (χ1n) is 8.17. The van der Waals surface area contributed by atoms with Crippen molar-refractivity contribution in [3.05, 3.63) is 79.5 Å². The second-order valence-electron chi connectivity index (χ2n) is 5.72. The summed E-state index contributed by atoms with van der Waals surface area (Å²) in [6.07, 6.45) is 0. The molecule has 8 nitrogen and oxygen atoms in total. The van der Waals surface area contributed by atoms with Gasteiger partial charge >= 0.3 is 0 Å². The van der Waals surface area contributed by atoms with Crippen LogP contribution >= 0.6 is 22.9 Å². The highest BCUT2D eigenvalue weighted by Gasteiger charge is 2.17. The van der Waals surface area contributed by atoms with Gasteiger partial charge in [0.2, 0.25) is 0 Å². The molecule has 0 unspecified atom stereocenters. The number of nitrogens with zero attached hydrogens (tertiary/aromatic N) is 1. The Hall–Kier alpha value is -3.43. The van der Waals surface area contributed by atoms with Crippen molar-refractivity contribution >= 4 is 51.8 Å². The van der Waals surface area contributed by atoms with Gasteiger partial charge in [-0.1, -0.05) is 17.7 Å². The fraction of sp³-hybridized carbons (Fsp3) is 0.0526. The van der Waals surface area contributed by atoms with Crippen molar-refractivity contribution < 1.29 is 19.2 Å². The molecular weight excluding hydrogens is 418 g/mol. The van der Waals surface area contributed by atoms with Gasteiger partial charge in [0.1, 0.15) is 10.8 Å². The van der Waals surface area contributed by atoms with E-state index in [0.29, 0.717) is 22.0 Å². The first kappa shape index (κ1) is 20.3. The van der Waals surface area contributed by atoms with Crippen LogP contribution in [0.1, 0.15) is 20.0 Å². The highest BCUT2D eigenvalue weighted by molar-refractivity contribution is 7.12. The lowest BCUT2D eigenvalue weighted by Gasteiger charge is -2.12. The topological polar surface area (TPSA) is 111 Å². The zero-order valence-electron chi connectivity index (χ0n) is 15.0. The van der Waals surface area contributed by atoms with Crippen molar-refractivity contribution in [2.75, 3.05) is 17.7 Å². The number of anilines is 2. The van der Waals surface area contributed by atoms with E-state index in [0.717, 1.165) is 6.07 Å². The highest BCUT2D eigenvalue weighted by Crippen LogP contribution is 2.30. The molecule has 0 radical (unpaired) electrons. The molecule has 10 heteroatoms. The number of ether oxygens (including phenoxy) is 1. The lowest BCUT2D eigenvalue weighted by atomic mass is 10.1. The number of rotatable bonds is 6. The molecule has 0 aliphatic rings. The standard InChI is InChI=1S/C19H14ClN3O5S/c1-28-16-10-12(5-7-14(16)22-19(25)17-3-2-8-29-17)21-18(24)11-4-6-13(20)15(9-11)23(26)27/h2-10H,1H3,(H,21,24)(H,22,25). The maximum absolute atomic E-state index is 12.4. The van der Waals surface area contributed by atoms with Crippen LogP contribution in [0.4, 0.5) is 17.1 Å². The summed E-state index contributed by atoms with van der Waals surface area (Å²) in [5.41, 5.74) is 0.545. The van der Waals surface area contributed by atoms with Crippen LogP contribution in [0.2, 0.25) is 5.02 Å². The summed E-state index contributed by atoms with van der Waals surface area (Å²) < 4.78 is 5.29. The predicted octanol–water partition coefficient (Wildman–Crippen LogP) is 4.82. The maximum Gasteiger partial charge on any atom is 0.288 e. The Morgan fingerprint density at radius 3 is 2.55 bits per heavy atom. The Balaban J connectivity index is 1.78. The molecule has 2 amide bonds. The second-order valence-corrected chi connectivity index (χ2v) is 7.08. The van der Waals surface area contributed by atoms with E-state index in [-0.39, 0.29) is 22.2 Å². The van der Waals surface area contributed by atoms with Crippen molar-refractivity contribution in [2.45, 2.75) is 0 Å². The number of nitro benzene ring substituents is 1. The summed E-state index contributed by atoms with van der Waals surface area (Å²) in [6.45, 7) is 0. The van der Waals surface area contributed by atoms with E-state index >= 15 is 0 Å². The number of carbonyl (C=O) groups excluding carboxylic acids is 2. The van der Waals surface area contributed by atoms with Crippen LogP contribution in [0.15, 0.2) is 53.9 Å². The summed E-state index contributed by atoms with van der Waals surface area (Å²) in [6, 6.07) is 12.0. The summed E-state index contributed by atoms with van der Waals surface area (Å²) in [5, 5.41) is 18.1. The fourth-order valence-corrected chi connectivity index (χ4v) is 3.27. The molecule has 0 spiro atoms. The Morgan fingerprint density at radius 2 is 1.90 bits per heavy atom. The molecule has 0 saturated carbocycles. The van der Waals surface area contributed by atoms with Gasteiger partial charge in [0.05, 0.1) is 22.6 Å². The van der Waals surface area contributed by atoms with Crippen LogP contribution in [0.5, 0.6) is 5.75 Å². The van der Waals surface area contributed by atoms with Gasteiger partial charge < -0.3 is 15.4 Å². The van der Waals surface area contributed by atoms with Crippen LogP contribution in [0, 0.1) is 10.1 Å². The van der Waals surface area contributed by atoms with Gasteiger partial charge in [-0.15, -0.1) is 11.3 Å². The van der Waals surface area contributed by atoms with E-state index in [1.54, 1.807) is 29.6 Å². The predicted molar refractivity (Wildman–Crippen MR) is 111 cm³/mol. The number of amides is 2. The van der Waals surface area contributed by atoms with Crippen LogP contribution in [-0.4, -0.2) is 23.8 Å². The molecule has 29 heavy (non-hydrogen) atoms. The van der Waals surface area contributed by atoms with Gasteiger partial charge in [-0.05, 0) is 35.7 Å². The van der Waals surface area contributed by atoms with Crippen LogP contribution in [0.3, 0.4) is 0 Å². The summed E-state index contributed by atoms with van der Waals surface area (Å²) in [5.74, 6) is -0.486. The Kier molecular flexibility index (Phi) is 6.10. The quantitative estimate of drug-likeness (QED) is 0.429. The molecule has 1 heterocycles. The van der Waals surface area contributed by atoms with E-state index in [2.05, 4.69) is 10.6 Å². The van der Waals surface area contributed by atoms with Crippen LogP contribution in [-0.2, 0) is 0 Å². The lowest BCUT2D eigenvalue weighted by Crippen LogP contribution is -2.13. The zero-order valence-corrected chi connectivity index (χ0v) is 16.5. The van der Waals surface area contributed by atoms with Crippen molar-refractivity contribution in [3.63, 3.8) is 0 Å². The molecule has 148 valence electrons. The van der Waals surface area contributed by atoms with E-state index in [1.807, 2.05) is 0 Å². The average Bonchev–Trinajstić information content (AvgIpc) is 3.24. The third-order valence-corrected chi connectivity index (χ3v) is 5.05. The van der Waals surface area contributed by atoms with E-state index in [1.165, 1.54) is 36.6 Å². The number of nitro groups is 1. The van der Waals surface area contributed by atoms with E-state index in [4.69, 9.17) is 16.3 Å². The van der Waals surface area contributed by atoms with Crippen molar-refractivity contribution in [1.82, 2.24) is 0 Å². The minimum absolute atomic E-state index is 0.0564. The molecule has 3 rings (SSSR count). The first-order valence-corrected chi connectivity index (χ1v) is 9.43. The number of benzene rings is 2. The molecule has 0 fully saturated rings. The molecule has 1 aromatic heterocycles. The number of methoxy groups -OCH3 is 1. The summed E-state index contributed by atoms with van der Waals surface area (Å²) in [7, 11) is 1.43. The normalized spacial score (nSPS) is 10.3. The van der Waals surface area contributed by atoms with Gasteiger partial charge in [0.25, 0.3) is 17.5 Å². The van der Waals surface area contributed by atoms with Gasteiger partial charge in [0, 0.05) is 23.4 Å². The molecule has 0 saturated heterocycles. The minimum Gasteiger partial charge on any atom is -0.494 e. The monoisotopic (exact) mass is 431 g/mol. The van der Waals surface area contributed by atoms with Crippen molar-refractivity contribution in [2.24, 2.45) is 0 Å². The molecule has 0 aliphatic heterocycles. The third-order valence-electron chi connectivity index (χ3n) is 3.86. The first-order chi connectivity index (χ1) is 13.9. The van der Waals surface area contributed by atoms with Crippen LogP contribution < -0.4 is 15.4 Å². The van der Waals surface area contributed by atoms with Crippen molar-refractivity contribution in [3.8, 4) is 5.75 Å². The summed E-state index contributed by atoms with van der Waals surface area (Å²) in [4.78, 5) is 35.5. The lowest BCUT2D eigenvalue weighted by molar-refractivity contribution is -0.384. The molecule has 0 atom stereocenters. The molecule has 0 aliphatic carbocycles. The number of halogens is 1. The average molecular weight is 432 g/mol. The SMILES string of the molecule is COc1cc(NC(=O)c2ccc(Cl)c([N+](=O)[O-])c2)ccc1NC(=O)c1cccs1. The second kappa shape index (κ2) is 8.72. The minimum atomic E-state index is -0.660. The number of thiophene rings is 1. The van der Waals surface area contributed by atoms with Crippen molar-refractivity contribution in [1.29, 1.82) is 0 Å². The Morgan fingerprint density at radius 1 is 1.10 bits per heavy atom. The number of nitrogens with one attached hydrogen (secondary N) is 2. The van der Waals surface area contributed by atoms with Gasteiger partial charge in [-0.3, -0.25) is 19.7 Å². The highest BCUT2D eigenvalue weighted by atomic mass is 35.5. The van der Waals surface area contributed by atoms with Crippen LogP contribution in [0.25, 0.3) is 0 Å². The number of hydrogen-bond donors (Lipinski definition) is 2. The third kappa shape index (κ3) is 4.71. The van der Waals surface area contributed by atoms with Gasteiger partial charge in [0.15, 0.2) is 0 Å². The number of carbonyl (C=O) groups is 2. The Labute approximate surface area is 174 Å².